The van der Waals surface area contributed by atoms with E-state index in [2.05, 4.69) is 9.97 Å². The Bertz CT molecular complexity index is 855. The van der Waals surface area contributed by atoms with Gasteiger partial charge in [-0.25, -0.2) is 9.97 Å². The van der Waals surface area contributed by atoms with Gasteiger partial charge in [-0.2, -0.15) is 0 Å². The number of fused-ring (bicyclic) bond motifs is 3. The van der Waals surface area contributed by atoms with Crippen LogP contribution in [0, 0.1) is 0 Å². The Hall–Kier alpha value is -2.53. The Morgan fingerprint density at radius 3 is 2.65 bits per heavy atom. The number of rotatable bonds is 3. The molecule has 1 aliphatic heterocycles. The maximum Gasteiger partial charge on any atom is 0.204 e. The molecule has 2 heterocycles. The average molecular weight is 329 g/mol. The summed E-state index contributed by atoms with van der Waals surface area (Å²) in [6, 6.07) is 11.7. The second kappa shape index (κ2) is 5.93. The van der Waals surface area contributed by atoms with Crippen molar-refractivity contribution in [3.63, 3.8) is 0 Å². The molecular weight excluding hydrogens is 316 g/mol. The first-order valence-electron chi connectivity index (χ1n) is 7.22. The van der Waals surface area contributed by atoms with Crippen molar-refractivity contribution in [1.82, 2.24) is 9.97 Å². The molecule has 0 bridgehead atoms. The van der Waals surface area contributed by atoms with Gasteiger partial charge in [0.15, 0.2) is 11.5 Å². The van der Waals surface area contributed by atoms with Gasteiger partial charge >= 0.3 is 0 Å². The predicted molar refractivity (Wildman–Crippen MR) is 86.3 cm³/mol. The van der Waals surface area contributed by atoms with Gasteiger partial charge in [-0.05, 0) is 5.56 Å². The minimum absolute atomic E-state index is 0.339. The lowest BCUT2D eigenvalue weighted by atomic mass is 10.2. The highest BCUT2D eigenvalue weighted by atomic mass is 35.5. The summed E-state index contributed by atoms with van der Waals surface area (Å²) in [4.78, 5) is 8.27. The van der Waals surface area contributed by atoms with Gasteiger partial charge in [0, 0.05) is 6.07 Å². The van der Waals surface area contributed by atoms with Crippen molar-refractivity contribution in [2.24, 2.45) is 0 Å². The fraction of sp³-hybridized carbons (Fsp3) is 0.176. The van der Waals surface area contributed by atoms with E-state index in [1.807, 2.05) is 30.3 Å². The molecule has 3 aromatic rings. The van der Waals surface area contributed by atoms with Gasteiger partial charge in [0.1, 0.15) is 31.3 Å². The topological polar surface area (TPSA) is 53.5 Å². The zero-order valence-corrected chi connectivity index (χ0v) is 12.9. The molecule has 0 atom stereocenters. The lowest BCUT2D eigenvalue weighted by Gasteiger charge is -2.22. The summed E-state index contributed by atoms with van der Waals surface area (Å²) >= 11 is 6.19. The average Bonchev–Trinajstić information content (AvgIpc) is 2.60. The highest BCUT2D eigenvalue weighted by molar-refractivity contribution is 6.34. The molecule has 0 amide bonds. The van der Waals surface area contributed by atoms with Crippen LogP contribution in [0.25, 0.3) is 10.9 Å². The molecule has 4 rings (SSSR count). The van der Waals surface area contributed by atoms with Crippen LogP contribution >= 0.6 is 11.6 Å². The molecule has 5 nitrogen and oxygen atoms in total. The zero-order valence-electron chi connectivity index (χ0n) is 12.2. The number of nitrogens with zero attached hydrogens (tertiary/aromatic N) is 2. The van der Waals surface area contributed by atoms with E-state index in [1.54, 1.807) is 6.07 Å². The van der Waals surface area contributed by atoms with Gasteiger partial charge < -0.3 is 14.2 Å². The molecule has 0 saturated carbocycles. The maximum absolute atomic E-state index is 6.19. The van der Waals surface area contributed by atoms with E-state index >= 15 is 0 Å². The van der Waals surface area contributed by atoms with Crippen molar-refractivity contribution in [2.45, 2.75) is 6.61 Å². The largest absolute Gasteiger partial charge is 0.485 e. The van der Waals surface area contributed by atoms with Gasteiger partial charge in [-0.1, -0.05) is 41.9 Å². The second-order valence-electron chi connectivity index (χ2n) is 5.06. The van der Waals surface area contributed by atoms with E-state index in [0.29, 0.717) is 53.1 Å². The van der Waals surface area contributed by atoms with Crippen molar-refractivity contribution in [3.8, 4) is 17.2 Å². The van der Waals surface area contributed by atoms with E-state index in [9.17, 15) is 0 Å². The van der Waals surface area contributed by atoms with Crippen molar-refractivity contribution >= 4 is 22.5 Å². The minimum atomic E-state index is 0.339. The fourth-order valence-electron chi connectivity index (χ4n) is 2.52. The normalized spacial score (nSPS) is 13.1. The fourth-order valence-corrected chi connectivity index (χ4v) is 2.74. The molecule has 0 spiro atoms. The zero-order chi connectivity index (χ0) is 15.6. The molecule has 116 valence electrons. The smallest absolute Gasteiger partial charge is 0.204 e. The lowest BCUT2D eigenvalue weighted by molar-refractivity contribution is 0.163. The SMILES string of the molecule is Clc1ncnc2cc(OCc3ccccc3)c3c(c12)OCCO3. The van der Waals surface area contributed by atoms with E-state index in [0.717, 1.165) is 5.56 Å². The standard InChI is InChI=1S/C17H13ClN2O3/c18-17-14-12(19-10-20-17)8-13(15-16(14)22-7-6-21-15)23-9-11-4-2-1-3-5-11/h1-5,8,10H,6-7,9H2. The van der Waals surface area contributed by atoms with Crippen LogP contribution in [0.4, 0.5) is 0 Å². The van der Waals surface area contributed by atoms with Crippen molar-refractivity contribution < 1.29 is 14.2 Å². The molecule has 0 saturated heterocycles. The number of ether oxygens (including phenoxy) is 3. The van der Waals surface area contributed by atoms with Gasteiger partial charge in [0.25, 0.3) is 0 Å². The van der Waals surface area contributed by atoms with Crippen molar-refractivity contribution in [2.75, 3.05) is 13.2 Å². The Morgan fingerprint density at radius 2 is 1.83 bits per heavy atom. The van der Waals surface area contributed by atoms with Crippen LogP contribution in [-0.4, -0.2) is 23.2 Å². The van der Waals surface area contributed by atoms with Crippen LogP contribution in [0.3, 0.4) is 0 Å². The number of hydrogen-bond acceptors (Lipinski definition) is 5. The molecule has 2 aromatic carbocycles. The van der Waals surface area contributed by atoms with Crippen LogP contribution in [0.1, 0.15) is 5.56 Å². The number of benzene rings is 2. The summed E-state index contributed by atoms with van der Waals surface area (Å²) in [7, 11) is 0. The van der Waals surface area contributed by atoms with E-state index in [-0.39, 0.29) is 0 Å². The molecule has 0 aliphatic carbocycles. The summed E-state index contributed by atoms with van der Waals surface area (Å²) in [5, 5.41) is 0.988. The van der Waals surface area contributed by atoms with Crippen LogP contribution in [0.2, 0.25) is 5.15 Å². The Morgan fingerprint density at radius 1 is 1.04 bits per heavy atom. The van der Waals surface area contributed by atoms with E-state index in [4.69, 9.17) is 25.8 Å². The third kappa shape index (κ3) is 2.64. The second-order valence-corrected chi connectivity index (χ2v) is 5.42. The van der Waals surface area contributed by atoms with E-state index < -0.39 is 0 Å². The van der Waals surface area contributed by atoms with Crippen molar-refractivity contribution in [1.29, 1.82) is 0 Å². The molecule has 1 aliphatic rings. The van der Waals surface area contributed by atoms with Crippen LogP contribution in [-0.2, 0) is 6.61 Å². The maximum atomic E-state index is 6.19. The summed E-state index contributed by atoms with van der Waals surface area (Å²) < 4.78 is 17.4. The van der Waals surface area contributed by atoms with Gasteiger partial charge in [-0.3, -0.25) is 0 Å². The lowest BCUT2D eigenvalue weighted by Crippen LogP contribution is -2.16. The monoisotopic (exact) mass is 328 g/mol. The van der Waals surface area contributed by atoms with Crippen LogP contribution in [0.5, 0.6) is 17.2 Å². The molecule has 0 unspecified atom stereocenters. The summed E-state index contributed by atoms with van der Waals surface area (Å²) in [5.74, 6) is 1.68. The van der Waals surface area contributed by atoms with E-state index in [1.165, 1.54) is 6.33 Å². The Balaban J connectivity index is 1.77. The van der Waals surface area contributed by atoms with Crippen LogP contribution < -0.4 is 14.2 Å². The van der Waals surface area contributed by atoms with Crippen molar-refractivity contribution in [3.05, 3.63) is 53.4 Å². The molecule has 23 heavy (non-hydrogen) atoms. The molecule has 1 aromatic heterocycles. The number of aromatic nitrogens is 2. The highest BCUT2D eigenvalue weighted by Crippen LogP contribution is 2.46. The first-order valence-corrected chi connectivity index (χ1v) is 7.60. The highest BCUT2D eigenvalue weighted by Gasteiger charge is 2.23. The summed E-state index contributed by atoms with van der Waals surface area (Å²) in [6.07, 6.45) is 1.42. The minimum Gasteiger partial charge on any atom is -0.485 e. The predicted octanol–water partition coefficient (Wildman–Crippen LogP) is 3.63. The van der Waals surface area contributed by atoms with Gasteiger partial charge in [0.05, 0.1) is 10.9 Å². The summed E-state index contributed by atoms with van der Waals surface area (Å²) in [5.41, 5.74) is 1.73. The third-order valence-corrected chi connectivity index (χ3v) is 3.86. The third-order valence-electron chi connectivity index (χ3n) is 3.57. The Labute approximate surface area is 137 Å². The molecule has 0 radical (unpaired) electrons. The summed E-state index contributed by atoms with van der Waals surface area (Å²) in [6.45, 7) is 1.35. The molecular formula is C17H13ClN2O3. The first kappa shape index (κ1) is 14.1. The number of hydrogen-bond donors (Lipinski definition) is 0. The molecule has 6 heteroatoms. The quantitative estimate of drug-likeness (QED) is 0.687. The number of halogens is 1. The molecule has 0 N–H and O–H groups in total. The Kier molecular flexibility index (Phi) is 3.63. The van der Waals surface area contributed by atoms with Gasteiger partial charge in [-0.15, -0.1) is 0 Å². The van der Waals surface area contributed by atoms with Crippen LogP contribution in [0.15, 0.2) is 42.7 Å². The first-order chi connectivity index (χ1) is 11.3. The van der Waals surface area contributed by atoms with Gasteiger partial charge in [0.2, 0.25) is 5.75 Å². The molecule has 0 fully saturated rings.